The molecule has 2 heterocycles. The van der Waals surface area contributed by atoms with E-state index in [4.69, 9.17) is 9.40 Å². The van der Waals surface area contributed by atoms with E-state index in [1.165, 1.54) is 53.2 Å². The van der Waals surface area contributed by atoms with Crippen molar-refractivity contribution in [1.29, 1.82) is 0 Å². The SMILES string of the molecule is c1ccc(-c2nc3cc4sc5c(N(c6ccc(-c7ccc8ccccc8c7)cc6)c6ccccc6-c6ccccc6)cccc5c4cc3o2)cc1. The van der Waals surface area contributed by atoms with Crippen LogP contribution in [0.5, 0.6) is 0 Å². The maximum Gasteiger partial charge on any atom is 0.227 e. The van der Waals surface area contributed by atoms with E-state index in [9.17, 15) is 0 Å². The summed E-state index contributed by atoms with van der Waals surface area (Å²) in [6, 6.07) is 64.6. The van der Waals surface area contributed by atoms with Crippen molar-refractivity contribution >= 4 is 70.4 Å². The summed E-state index contributed by atoms with van der Waals surface area (Å²) in [7, 11) is 0. The largest absolute Gasteiger partial charge is 0.436 e. The number of hydrogen-bond donors (Lipinski definition) is 0. The van der Waals surface area contributed by atoms with Crippen molar-refractivity contribution in [2.24, 2.45) is 0 Å². The highest BCUT2D eigenvalue weighted by Crippen LogP contribution is 2.48. The number of rotatable bonds is 6. The Morgan fingerprint density at radius 1 is 0.471 bits per heavy atom. The fraction of sp³-hybridized carbons (Fsp3) is 0. The second kappa shape index (κ2) is 12.1. The smallest absolute Gasteiger partial charge is 0.227 e. The predicted octanol–water partition coefficient (Wildman–Crippen LogP) is 13.8. The summed E-state index contributed by atoms with van der Waals surface area (Å²) in [5.41, 5.74) is 10.7. The van der Waals surface area contributed by atoms with Crippen molar-refractivity contribution < 1.29 is 4.42 Å². The third-order valence-electron chi connectivity index (χ3n) is 9.69. The number of fused-ring (bicyclic) bond motifs is 5. The lowest BCUT2D eigenvalue weighted by molar-refractivity contribution is 0.620. The molecule has 10 rings (SSSR count). The Kier molecular flexibility index (Phi) is 7.00. The van der Waals surface area contributed by atoms with Crippen molar-refractivity contribution in [2.45, 2.75) is 0 Å². The lowest BCUT2D eigenvalue weighted by Gasteiger charge is -2.28. The van der Waals surface area contributed by atoms with E-state index in [1.807, 2.05) is 30.3 Å². The summed E-state index contributed by atoms with van der Waals surface area (Å²) in [5, 5.41) is 4.86. The van der Waals surface area contributed by atoms with Crippen LogP contribution in [0.3, 0.4) is 0 Å². The molecule has 2 aromatic heterocycles. The molecule has 0 aliphatic heterocycles. The van der Waals surface area contributed by atoms with Crippen LogP contribution in [-0.2, 0) is 0 Å². The highest BCUT2D eigenvalue weighted by Gasteiger charge is 2.22. The summed E-state index contributed by atoms with van der Waals surface area (Å²) in [6.45, 7) is 0. The number of oxazole rings is 1. The number of benzene rings is 8. The van der Waals surface area contributed by atoms with Gasteiger partial charge in [0.15, 0.2) is 5.58 Å². The van der Waals surface area contributed by atoms with Crippen LogP contribution < -0.4 is 4.90 Å². The first kappa shape index (κ1) is 29.4. The van der Waals surface area contributed by atoms with Crippen LogP contribution in [0.15, 0.2) is 186 Å². The van der Waals surface area contributed by atoms with Gasteiger partial charge in [0.1, 0.15) is 5.52 Å². The lowest BCUT2D eigenvalue weighted by atomic mass is 9.99. The molecule has 4 heteroatoms. The molecule has 0 spiro atoms. The minimum Gasteiger partial charge on any atom is -0.436 e. The monoisotopic (exact) mass is 670 g/mol. The molecule has 240 valence electrons. The van der Waals surface area contributed by atoms with Crippen LogP contribution in [-0.4, -0.2) is 4.98 Å². The van der Waals surface area contributed by atoms with Crippen LogP contribution in [0.4, 0.5) is 17.1 Å². The summed E-state index contributed by atoms with van der Waals surface area (Å²) in [5.74, 6) is 0.643. The van der Waals surface area contributed by atoms with Gasteiger partial charge < -0.3 is 9.32 Å². The van der Waals surface area contributed by atoms with Gasteiger partial charge in [-0.25, -0.2) is 4.98 Å². The van der Waals surface area contributed by atoms with Gasteiger partial charge in [0, 0.05) is 32.3 Å². The molecule has 0 saturated carbocycles. The second-order valence-electron chi connectivity index (χ2n) is 12.8. The predicted molar refractivity (Wildman–Crippen MR) is 215 cm³/mol. The molecule has 0 aliphatic carbocycles. The molecular formula is C47H30N2OS. The number of thiophene rings is 1. The Balaban J connectivity index is 1.15. The van der Waals surface area contributed by atoms with Gasteiger partial charge in [-0.3, -0.25) is 0 Å². The Morgan fingerprint density at radius 3 is 1.98 bits per heavy atom. The number of nitrogens with zero attached hydrogens (tertiary/aromatic N) is 2. The van der Waals surface area contributed by atoms with Gasteiger partial charge >= 0.3 is 0 Å². The van der Waals surface area contributed by atoms with E-state index >= 15 is 0 Å². The van der Waals surface area contributed by atoms with E-state index < -0.39 is 0 Å². The van der Waals surface area contributed by atoms with Gasteiger partial charge in [-0.2, -0.15) is 0 Å². The fourth-order valence-electron chi connectivity index (χ4n) is 7.19. The summed E-state index contributed by atoms with van der Waals surface area (Å²) >= 11 is 1.81. The Hall–Kier alpha value is -6.49. The third kappa shape index (κ3) is 5.16. The summed E-state index contributed by atoms with van der Waals surface area (Å²) < 4.78 is 8.71. The number of hydrogen-bond acceptors (Lipinski definition) is 4. The molecule has 0 fully saturated rings. The number of para-hydroxylation sites is 1. The van der Waals surface area contributed by atoms with Crippen LogP contribution >= 0.6 is 11.3 Å². The van der Waals surface area contributed by atoms with E-state index in [-0.39, 0.29) is 0 Å². The van der Waals surface area contributed by atoms with Gasteiger partial charge in [0.25, 0.3) is 0 Å². The van der Waals surface area contributed by atoms with Crippen molar-refractivity contribution in [2.75, 3.05) is 4.90 Å². The molecule has 0 unspecified atom stereocenters. The van der Waals surface area contributed by atoms with Crippen LogP contribution in [0.25, 0.3) is 75.8 Å². The number of anilines is 3. The van der Waals surface area contributed by atoms with Gasteiger partial charge in [-0.1, -0.05) is 127 Å². The Labute approximate surface area is 299 Å². The van der Waals surface area contributed by atoms with E-state index in [1.54, 1.807) is 11.3 Å². The van der Waals surface area contributed by atoms with Crippen LogP contribution in [0.2, 0.25) is 0 Å². The van der Waals surface area contributed by atoms with Gasteiger partial charge in [0.05, 0.1) is 16.1 Å². The normalized spacial score (nSPS) is 11.5. The zero-order valence-electron chi connectivity index (χ0n) is 27.5. The molecule has 0 atom stereocenters. The lowest BCUT2D eigenvalue weighted by Crippen LogP contribution is -2.11. The first-order valence-corrected chi connectivity index (χ1v) is 17.9. The van der Waals surface area contributed by atoms with Gasteiger partial charge in [0.2, 0.25) is 5.89 Å². The van der Waals surface area contributed by atoms with Gasteiger partial charge in [-0.05, 0) is 82.1 Å². The van der Waals surface area contributed by atoms with Gasteiger partial charge in [-0.15, -0.1) is 11.3 Å². The quantitative estimate of drug-likeness (QED) is 0.176. The molecular weight excluding hydrogens is 641 g/mol. The number of aromatic nitrogens is 1. The molecule has 0 radical (unpaired) electrons. The maximum absolute atomic E-state index is 6.32. The minimum absolute atomic E-state index is 0.643. The average molecular weight is 671 g/mol. The zero-order chi connectivity index (χ0) is 33.7. The molecule has 0 N–H and O–H groups in total. The maximum atomic E-state index is 6.32. The average Bonchev–Trinajstić information content (AvgIpc) is 3.79. The van der Waals surface area contributed by atoms with E-state index in [0.717, 1.165) is 33.7 Å². The fourth-order valence-corrected chi connectivity index (χ4v) is 8.42. The first-order valence-electron chi connectivity index (χ1n) is 17.1. The molecule has 0 aliphatic rings. The van der Waals surface area contributed by atoms with E-state index in [0.29, 0.717) is 5.89 Å². The minimum atomic E-state index is 0.643. The first-order chi connectivity index (χ1) is 25.3. The zero-order valence-corrected chi connectivity index (χ0v) is 28.3. The topological polar surface area (TPSA) is 29.3 Å². The highest BCUT2D eigenvalue weighted by molar-refractivity contribution is 7.26. The molecule has 3 nitrogen and oxygen atoms in total. The van der Waals surface area contributed by atoms with Crippen LogP contribution in [0.1, 0.15) is 0 Å². The highest BCUT2D eigenvalue weighted by atomic mass is 32.1. The van der Waals surface area contributed by atoms with Crippen molar-refractivity contribution in [3.05, 3.63) is 182 Å². The summed E-state index contributed by atoms with van der Waals surface area (Å²) in [6.07, 6.45) is 0. The molecule has 0 saturated heterocycles. The molecule has 10 aromatic rings. The van der Waals surface area contributed by atoms with Crippen molar-refractivity contribution in [1.82, 2.24) is 4.98 Å². The Bertz CT molecular complexity index is 2850. The van der Waals surface area contributed by atoms with Crippen LogP contribution in [0, 0.1) is 0 Å². The molecule has 51 heavy (non-hydrogen) atoms. The van der Waals surface area contributed by atoms with E-state index in [2.05, 4.69) is 157 Å². The molecule has 0 amide bonds. The molecule has 0 bridgehead atoms. The van der Waals surface area contributed by atoms with Crippen molar-refractivity contribution in [3.63, 3.8) is 0 Å². The van der Waals surface area contributed by atoms with Crippen molar-refractivity contribution in [3.8, 4) is 33.7 Å². The third-order valence-corrected chi connectivity index (χ3v) is 10.9. The summed E-state index contributed by atoms with van der Waals surface area (Å²) in [4.78, 5) is 7.30. The Morgan fingerprint density at radius 2 is 1.16 bits per heavy atom. The standard InChI is InChI=1S/C47H30N2OS/c1-3-13-33(14-4-1)38-18-9-10-20-42(38)49(37-26-24-32(25-27-37)36-23-22-31-12-7-8-17-35(31)28-36)43-21-11-19-39-40-29-44-41(30-45(40)51-46(39)43)48-47(50-44)34-15-5-2-6-16-34/h1-30H. The molecule has 8 aromatic carbocycles. The second-order valence-corrected chi connectivity index (χ2v) is 13.8.